The predicted molar refractivity (Wildman–Crippen MR) is 60.6 cm³/mol. The Morgan fingerprint density at radius 3 is 3.07 bits per heavy atom. The van der Waals surface area contributed by atoms with Gasteiger partial charge < -0.3 is 5.11 Å². The van der Waals surface area contributed by atoms with Crippen molar-refractivity contribution in [3.05, 3.63) is 22.4 Å². The van der Waals surface area contributed by atoms with Gasteiger partial charge >= 0.3 is 0 Å². The summed E-state index contributed by atoms with van der Waals surface area (Å²) in [6.07, 6.45) is 7.03. The Labute approximate surface area is 89.8 Å². The maximum Gasteiger partial charge on any atom is 0.0542 e. The molecule has 14 heavy (non-hydrogen) atoms. The summed E-state index contributed by atoms with van der Waals surface area (Å²) in [4.78, 5) is 0. The molecule has 0 spiro atoms. The van der Waals surface area contributed by atoms with Crippen LogP contribution in [0.3, 0.4) is 0 Å². The number of aliphatic hydroxyl groups is 1. The molecule has 1 saturated carbocycles. The average molecular weight is 210 g/mol. The second-order valence-corrected chi connectivity index (χ2v) is 5.14. The molecule has 0 aromatic carbocycles. The van der Waals surface area contributed by atoms with Gasteiger partial charge in [0.05, 0.1) is 6.10 Å². The summed E-state index contributed by atoms with van der Waals surface area (Å²) in [5.74, 6) is 0.763. The van der Waals surface area contributed by atoms with Crippen LogP contribution < -0.4 is 0 Å². The van der Waals surface area contributed by atoms with Gasteiger partial charge in [0.2, 0.25) is 0 Å². The molecule has 0 aliphatic heterocycles. The van der Waals surface area contributed by atoms with E-state index in [2.05, 4.69) is 16.8 Å². The molecule has 1 N–H and O–H groups in total. The van der Waals surface area contributed by atoms with Crippen LogP contribution in [0.4, 0.5) is 0 Å². The molecule has 2 atom stereocenters. The molecule has 2 heteroatoms. The minimum Gasteiger partial charge on any atom is -0.393 e. The molecule has 1 nitrogen and oxygen atoms in total. The van der Waals surface area contributed by atoms with Crippen molar-refractivity contribution in [3.8, 4) is 0 Å². The molecule has 1 aromatic heterocycles. The van der Waals surface area contributed by atoms with Crippen molar-refractivity contribution in [2.75, 3.05) is 0 Å². The molecule has 2 rings (SSSR count). The standard InChI is InChI=1S/C12H18OS/c13-12-3-1-2-10(8-12)4-5-11-6-7-14-9-11/h6-7,9-10,12-13H,1-5,8H2. The van der Waals surface area contributed by atoms with E-state index in [1.165, 1.54) is 31.2 Å². The van der Waals surface area contributed by atoms with Crippen LogP contribution in [0.2, 0.25) is 0 Å². The van der Waals surface area contributed by atoms with E-state index in [0.29, 0.717) is 0 Å². The lowest BCUT2D eigenvalue weighted by molar-refractivity contribution is 0.0984. The van der Waals surface area contributed by atoms with Gasteiger partial charge in [0.25, 0.3) is 0 Å². The second-order valence-electron chi connectivity index (χ2n) is 4.36. The highest BCUT2D eigenvalue weighted by Gasteiger charge is 2.19. The zero-order valence-electron chi connectivity index (χ0n) is 8.48. The SMILES string of the molecule is OC1CCCC(CCc2ccsc2)C1. The molecule has 1 aromatic rings. The van der Waals surface area contributed by atoms with Crippen LogP contribution in [-0.4, -0.2) is 11.2 Å². The van der Waals surface area contributed by atoms with Crippen LogP contribution in [-0.2, 0) is 6.42 Å². The molecule has 0 saturated heterocycles. The lowest BCUT2D eigenvalue weighted by Crippen LogP contribution is -2.19. The number of rotatable bonds is 3. The topological polar surface area (TPSA) is 20.2 Å². The highest BCUT2D eigenvalue weighted by atomic mass is 32.1. The second kappa shape index (κ2) is 4.94. The molecule has 0 amide bonds. The molecule has 0 radical (unpaired) electrons. The molecular formula is C12H18OS. The van der Waals surface area contributed by atoms with Gasteiger partial charge in [-0.25, -0.2) is 0 Å². The monoisotopic (exact) mass is 210 g/mol. The maximum absolute atomic E-state index is 9.54. The van der Waals surface area contributed by atoms with Gasteiger partial charge in [-0.15, -0.1) is 0 Å². The van der Waals surface area contributed by atoms with Crippen molar-refractivity contribution in [1.29, 1.82) is 0 Å². The van der Waals surface area contributed by atoms with Crippen molar-refractivity contribution < 1.29 is 5.11 Å². The van der Waals surface area contributed by atoms with Gasteiger partial charge in [-0.2, -0.15) is 11.3 Å². The Balaban J connectivity index is 1.75. The number of thiophene rings is 1. The summed E-state index contributed by atoms with van der Waals surface area (Å²) in [5, 5.41) is 13.9. The van der Waals surface area contributed by atoms with Crippen molar-refractivity contribution in [2.24, 2.45) is 5.92 Å². The van der Waals surface area contributed by atoms with Crippen LogP contribution in [0, 0.1) is 5.92 Å². The lowest BCUT2D eigenvalue weighted by Gasteiger charge is -2.25. The van der Waals surface area contributed by atoms with Crippen LogP contribution >= 0.6 is 11.3 Å². The zero-order valence-corrected chi connectivity index (χ0v) is 9.30. The van der Waals surface area contributed by atoms with E-state index in [1.54, 1.807) is 11.3 Å². The Kier molecular flexibility index (Phi) is 3.60. The van der Waals surface area contributed by atoms with Crippen LogP contribution in [0.1, 0.15) is 37.7 Å². The van der Waals surface area contributed by atoms with Crippen molar-refractivity contribution >= 4 is 11.3 Å². The third-order valence-electron chi connectivity index (χ3n) is 3.18. The van der Waals surface area contributed by atoms with Gasteiger partial charge in [0.15, 0.2) is 0 Å². The van der Waals surface area contributed by atoms with Crippen LogP contribution in [0.25, 0.3) is 0 Å². The molecule has 1 heterocycles. The fourth-order valence-corrected chi connectivity index (χ4v) is 3.03. The van der Waals surface area contributed by atoms with E-state index < -0.39 is 0 Å². The quantitative estimate of drug-likeness (QED) is 0.812. The highest BCUT2D eigenvalue weighted by molar-refractivity contribution is 7.07. The first kappa shape index (κ1) is 10.2. The van der Waals surface area contributed by atoms with E-state index in [-0.39, 0.29) is 6.10 Å². The Morgan fingerprint density at radius 1 is 1.43 bits per heavy atom. The Morgan fingerprint density at radius 2 is 2.36 bits per heavy atom. The first-order valence-electron chi connectivity index (χ1n) is 5.54. The molecule has 0 bridgehead atoms. The summed E-state index contributed by atoms with van der Waals surface area (Å²) < 4.78 is 0. The van der Waals surface area contributed by atoms with Crippen molar-refractivity contribution in [2.45, 2.75) is 44.6 Å². The van der Waals surface area contributed by atoms with Gasteiger partial charge in [-0.1, -0.05) is 12.8 Å². The van der Waals surface area contributed by atoms with Crippen LogP contribution in [0.5, 0.6) is 0 Å². The van der Waals surface area contributed by atoms with E-state index >= 15 is 0 Å². The van der Waals surface area contributed by atoms with Gasteiger partial charge in [0, 0.05) is 0 Å². The summed E-state index contributed by atoms with van der Waals surface area (Å²) in [5.41, 5.74) is 1.47. The molecule has 78 valence electrons. The van der Waals surface area contributed by atoms with E-state index in [9.17, 15) is 5.11 Å². The summed E-state index contributed by atoms with van der Waals surface area (Å²) in [6, 6.07) is 2.21. The Bertz CT molecular complexity index is 255. The highest BCUT2D eigenvalue weighted by Crippen LogP contribution is 2.28. The minimum absolute atomic E-state index is 0.0174. The third kappa shape index (κ3) is 2.82. The predicted octanol–water partition coefficient (Wildman–Crippen LogP) is 3.23. The van der Waals surface area contributed by atoms with Gasteiger partial charge in [0.1, 0.15) is 0 Å². The normalized spacial score (nSPS) is 27.8. The minimum atomic E-state index is -0.0174. The number of hydrogen-bond acceptors (Lipinski definition) is 2. The van der Waals surface area contributed by atoms with E-state index in [0.717, 1.165) is 18.8 Å². The largest absolute Gasteiger partial charge is 0.393 e. The molecule has 1 fully saturated rings. The zero-order chi connectivity index (χ0) is 9.80. The molecule has 1 aliphatic carbocycles. The van der Waals surface area contributed by atoms with Crippen LogP contribution in [0.15, 0.2) is 16.8 Å². The third-order valence-corrected chi connectivity index (χ3v) is 3.91. The first-order valence-corrected chi connectivity index (χ1v) is 6.48. The molecule has 2 unspecified atom stereocenters. The van der Waals surface area contributed by atoms with E-state index in [4.69, 9.17) is 0 Å². The van der Waals surface area contributed by atoms with Gasteiger partial charge in [-0.05, 0) is 54.0 Å². The summed E-state index contributed by atoms with van der Waals surface area (Å²) in [7, 11) is 0. The fourth-order valence-electron chi connectivity index (χ4n) is 2.33. The summed E-state index contributed by atoms with van der Waals surface area (Å²) in [6.45, 7) is 0. The van der Waals surface area contributed by atoms with Crippen molar-refractivity contribution in [3.63, 3.8) is 0 Å². The number of aliphatic hydroxyl groups excluding tert-OH is 1. The lowest BCUT2D eigenvalue weighted by atomic mass is 9.84. The number of hydrogen-bond donors (Lipinski definition) is 1. The fraction of sp³-hybridized carbons (Fsp3) is 0.667. The van der Waals surface area contributed by atoms with Crippen molar-refractivity contribution in [1.82, 2.24) is 0 Å². The van der Waals surface area contributed by atoms with E-state index in [1.807, 2.05) is 0 Å². The number of aryl methyl sites for hydroxylation is 1. The van der Waals surface area contributed by atoms with Gasteiger partial charge in [-0.3, -0.25) is 0 Å². The average Bonchev–Trinajstić information content (AvgIpc) is 2.67. The molecular weight excluding hydrogens is 192 g/mol. The smallest absolute Gasteiger partial charge is 0.0542 e. The Hall–Kier alpha value is -0.340. The molecule has 1 aliphatic rings. The maximum atomic E-state index is 9.54. The first-order chi connectivity index (χ1) is 6.84. The summed E-state index contributed by atoms with van der Waals surface area (Å²) >= 11 is 1.78.